The van der Waals surface area contributed by atoms with Gasteiger partial charge in [-0.3, -0.25) is 0 Å². The molecule has 0 saturated heterocycles. The highest BCUT2D eigenvalue weighted by molar-refractivity contribution is 7.91. The third-order valence-corrected chi connectivity index (χ3v) is 5.30. The molecule has 0 radical (unpaired) electrons. The van der Waals surface area contributed by atoms with E-state index in [0.717, 1.165) is 5.56 Å². The van der Waals surface area contributed by atoms with E-state index in [1.54, 1.807) is 7.11 Å². The maximum atomic E-state index is 12.1. The summed E-state index contributed by atoms with van der Waals surface area (Å²) in [5, 5.41) is -0.241. The Kier molecular flexibility index (Phi) is 4.37. The first-order valence-corrected chi connectivity index (χ1v) is 7.67. The molecule has 0 aliphatic heterocycles. The van der Waals surface area contributed by atoms with Crippen LogP contribution in [0.4, 0.5) is 0 Å². The van der Waals surface area contributed by atoms with E-state index in [1.165, 1.54) is 0 Å². The molecule has 2 rings (SSSR count). The molecule has 100 valence electrons. The lowest BCUT2D eigenvalue weighted by atomic mass is 10.2. The summed E-state index contributed by atoms with van der Waals surface area (Å²) in [5.41, 5.74) is 0.848. The molecule has 0 amide bonds. The predicted octanol–water partition coefficient (Wildman–Crippen LogP) is 1.61. The van der Waals surface area contributed by atoms with E-state index in [-0.39, 0.29) is 23.7 Å². The highest BCUT2D eigenvalue weighted by Crippen LogP contribution is 2.38. The van der Waals surface area contributed by atoms with Gasteiger partial charge in [-0.15, -0.1) is 0 Å². The van der Waals surface area contributed by atoms with Crippen molar-refractivity contribution in [2.75, 3.05) is 20.5 Å². The molecule has 1 aromatic carbocycles. The minimum Gasteiger partial charge on any atom is -0.359 e. The second-order valence-electron chi connectivity index (χ2n) is 4.60. The van der Waals surface area contributed by atoms with Crippen molar-refractivity contribution < 1.29 is 17.9 Å². The van der Waals surface area contributed by atoms with Gasteiger partial charge in [-0.1, -0.05) is 30.3 Å². The SMILES string of the molecule is COCOC[C@@H]1C[C@H]1S(=O)(=O)Cc1ccccc1. The Morgan fingerprint density at radius 3 is 2.67 bits per heavy atom. The fourth-order valence-electron chi connectivity index (χ4n) is 2.03. The molecule has 18 heavy (non-hydrogen) atoms. The van der Waals surface area contributed by atoms with Crippen LogP contribution in [0, 0.1) is 5.92 Å². The molecule has 0 unspecified atom stereocenters. The van der Waals surface area contributed by atoms with Crippen molar-refractivity contribution in [3.8, 4) is 0 Å². The Bertz CT molecular complexity index is 469. The van der Waals surface area contributed by atoms with Crippen LogP contribution in [0.2, 0.25) is 0 Å². The van der Waals surface area contributed by atoms with Gasteiger partial charge >= 0.3 is 0 Å². The summed E-state index contributed by atoms with van der Waals surface area (Å²) in [6, 6.07) is 9.29. The van der Waals surface area contributed by atoms with E-state index < -0.39 is 9.84 Å². The largest absolute Gasteiger partial charge is 0.359 e. The first-order chi connectivity index (χ1) is 8.63. The molecule has 1 aromatic rings. The van der Waals surface area contributed by atoms with Gasteiger partial charge in [0.15, 0.2) is 9.84 Å². The Hall–Kier alpha value is -0.910. The Morgan fingerprint density at radius 1 is 1.28 bits per heavy atom. The van der Waals surface area contributed by atoms with Crippen LogP contribution >= 0.6 is 0 Å². The van der Waals surface area contributed by atoms with Crippen molar-refractivity contribution in [3.05, 3.63) is 35.9 Å². The molecule has 2 atom stereocenters. The smallest absolute Gasteiger partial charge is 0.157 e. The van der Waals surface area contributed by atoms with Gasteiger partial charge in [-0.2, -0.15) is 0 Å². The van der Waals surface area contributed by atoms with Crippen molar-refractivity contribution >= 4 is 9.84 Å². The van der Waals surface area contributed by atoms with E-state index >= 15 is 0 Å². The monoisotopic (exact) mass is 270 g/mol. The summed E-state index contributed by atoms with van der Waals surface area (Å²) >= 11 is 0. The molecule has 1 fully saturated rings. The van der Waals surface area contributed by atoms with Crippen LogP contribution in [0.15, 0.2) is 30.3 Å². The van der Waals surface area contributed by atoms with E-state index in [4.69, 9.17) is 9.47 Å². The topological polar surface area (TPSA) is 52.6 Å². The number of sulfone groups is 1. The zero-order chi connectivity index (χ0) is 13.0. The average molecular weight is 270 g/mol. The first-order valence-electron chi connectivity index (χ1n) is 5.95. The second-order valence-corrected chi connectivity index (χ2v) is 6.82. The predicted molar refractivity (Wildman–Crippen MR) is 68.8 cm³/mol. The Balaban J connectivity index is 1.86. The van der Waals surface area contributed by atoms with Crippen LogP contribution < -0.4 is 0 Å². The number of hydrogen-bond acceptors (Lipinski definition) is 4. The molecule has 0 heterocycles. The number of hydrogen-bond donors (Lipinski definition) is 0. The van der Waals surface area contributed by atoms with Gasteiger partial charge in [0, 0.05) is 13.0 Å². The highest BCUT2D eigenvalue weighted by atomic mass is 32.2. The number of benzene rings is 1. The van der Waals surface area contributed by atoms with E-state index in [1.807, 2.05) is 30.3 Å². The summed E-state index contributed by atoms with van der Waals surface area (Å²) in [6.07, 6.45) is 0.707. The van der Waals surface area contributed by atoms with Crippen LogP contribution in [0.1, 0.15) is 12.0 Å². The van der Waals surface area contributed by atoms with E-state index in [9.17, 15) is 8.42 Å². The summed E-state index contributed by atoms with van der Waals surface area (Å²) in [5.74, 6) is 0.257. The first kappa shape index (κ1) is 13.5. The lowest BCUT2D eigenvalue weighted by Gasteiger charge is -2.04. The number of rotatable bonds is 7. The molecular weight excluding hydrogens is 252 g/mol. The van der Waals surface area contributed by atoms with Crippen molar-refractivity contribution in [1.82, 2.24) is 0 Å². The molecule has 0 aromatic heterocycles. The van der Waals surface area contributed by atoms with Gasteiger partial charge in [0.05, 0.1) is 17.6 Å². The molecule has 4 nitrogen and oxygen atoms in total. The summed E-state index contributed by atoms with van der Waals surface area (Å²) in [6.45, 7) is 0.689. The van der Waals surface area contributed by atoms with Gasteiger partial charge in [0.25, 0.3) is 0 Å². The maximum absolute atomic E-state index is 12.1. The summed E-state index contributed by atoms with van der Waals surface area (Å²) in [4.78, 5) is 0. The number of methoxy groups -OCH3 is 1. The van der Waals surface area contributed by atoms with Gasteiger partial charge < -0.3 is 9.47 Å². The molecule has 1 aliphatic rings. The van der Waals surface area contributed by atoms with Crippen LogP contribution in [0.25, 0.3) is 0 Å². The van der Waals surface area contributed by atoms with Gasteiger partial charge in [-0.05, 0) is 12.0 Å². The molecular formula is C13H18O4S. The van der Waals surface area contributed by atoms with Crippen molar-refractivity contribution in [3.63, 3.8) is 0 Å². The van der Waals surface area contributed by atoms with Gasteiger partial charge in [-0.25, -0.2) is 8.42 Å². The quantitative estimate of drug-likeness (QED) is 0.558. The van der Waals surface area contributed by atoms with Crippen LogP contribution in [0.5, 0.6) is 0 Å². The van der Waals surface area contributed by atoms with E-state index in [2.05, 4.69) is 0 Å². The fourth-order valence-corrected chi connectivity index (χ4v) is 4.11. The third kappa shape index (κ3) is 3.54. The molecule has 1 aliphatic carbocycles. The minimum atomic E-state index is -3.05. The minimum absolute atomic E-state index is 0.124. The molecule has 1 saturated carbocycles. The highest BCUT2D eigenvalue weighted by Gasteiger charge is 2.46. The third-order valence-electron chi connectivity index (χ3n) is 3.06. The second kappa shape index (κ2) is 5.82. The average Bonchev–Trinajstić information content (AvgIpc) is 3.10. The summed E-state index contributed by atoms with van der Waals surface area (Å²) in [7, 11) is -1.50. The van der Waals surface area contributed by atoms with Gasteiger partial charge in [0.2, 0.25) is 0 Å². The normalized spacial score (nSPS) is 22.9. The molecule has 0 spiro atoms. The van der Waals surface area contributed by atoms with Crippen LogP contribution in [0.3, 0.4) is 0 Å². The lowest BCUT2D eigenvalue weighted by Crippen LogP contribution is -2.14. The lowest BCUT2D eigenvalue weighted by molar-refractivity contribution is -0.0342. The van der Waals surface area contributed by atoms with Gasteiger partial charge in [0.1, 0.15) is 6.79 Å². The van der Waals surface area contributed by atoms with Crippen LogP contribution in [-0.2, 0) is 25.1 Å². The summed E-state index contributed by atoms with van der Waals surface area (Å²) < 4.78 is 34.2. The van der Waals surface area contributed by atoms with E-state index in [0.29, 0.717) is 13.0 Å². The zero-order valence-electron chi connectivity index (χ0n) is 10.4. The number of ether oxygens (including phenoxy) is 2. The fraction of sp³-hybridized carbons (Fsp3) is 0.538. The zero-order valence-corrected chi connectivity index (χ0v) is 11.2. The Morgan fingerprint density at radius 2 is 2.00 bits per heavy atom. The van der Waals surface area contributed by atoms with Crippen molar-refractivity contribution in [2.45, 2.75) is 17.4 Å². The van der Waals surface area contributed by atoms with Crippen molar-refractivity contribution in [2.24, 2.45) is 5.92 Å². The standard InChI is InChI=1S/C13H18O4S/c1-16-10-17-8-12-7-13(12)18(14,15)9-11-5-3-2-4-6-11/h2-6,12-13H,7-10H2,1H3/t12-,13+/m0/s1. The van der Waals surface area contributed by atoms with Crippen LogP contribution in [-0.4, -0.2) is 34.2 Å². The molecule has 0 bridgehead atoms. The maximum Gasteiger partial charge on any atom is 0.157 e. The Labute approximate surface area is 108 Å². The molecule has 0 N–H and O–H groups in total. The van der Waals surface area contributed by atoms with Crippen molar-refractivity contribution in [1.29, 1.82) is 0 Å². The molecule has 5 heteroatoms.